The van der Waals surface area contributed by atoms with Crippen LogP contribution in [-0.2, 0) is 25.4 Å². The van der Waals surface area contributed by atoms with E-state index in [0.29, 0.717) is 17.7 Å². The zero-order chi connectivity index (χ0) is 21.6. The topological polar surface area (TPSA) is 154 Å². The van der Waals surface area contributed by atoms with Gasteiger partial charge in [-0.05, 0) is 27.2 Å². The molecule has 29 heavy (non-hydrogen) atoms. The third-order valence-electron chi connectivity index (χ3n) is 4.18. The largest absolute Gasteiger partial charge is 0.462 e. The van der Waals surface area contributed by atoms with Crippen LogP contribution in [0.15, 0.2) is 12.7 Å². The summed E-state index contributed by atoms with van der Waals surface area (Å²) in [6, 6.07) is -0.929. The second-order valence-electron chi connectivity index (χ2n) is 7.02. The molecular formula is C17H29N6O5P. The lowest BCUT2D eigenvalue weighted by Gasteiger charge is -2.22. The number of esters is 1. The van der Waals surface area contributed by atoms with Gasteiger partial charge in [0.15, 0.2) is 11.5 Å². The highest BCUT2D eigenvalue weighted by Gasteiger charge is 2.27. The Hall–Kier alpha value is -2.07. The van der Waals surface area contributed by atoms with Crippen molar-refractivity contribution >= 4 is 30.5 Å². The van der Waals surface area contributed by atoms with Gasteiger partial charge in [0.2, 0.25) is 0 Å². The van der Waals surface area contributed by atoms with Crippen molar-refractivity contribution in [2.45, 2.75) is 65.3 Å². The minimum Gasteiger partial charge on any atom is -0.462 e. The van der Waals surface area contributed by atoms with Crippen molar-refractivity contribution in [2.75, 3.05) is 12.1 Å². The third kappa shape index (κ3) is 6.74. The summed E-state index contributed by atoms with van der Waals surface area (Å²) in [5.74, 6) is -0.295. The molecule has 4 atom stereocenters. The summed E-state index contributed by atoms with van der Waals surface area (Å²) in [4.78, 5) is 34.3. The second kappa shape index (κ2) is 10.1. The number of imidazole rings is 1. The summed E-state index contributed by atoms with van der Waals surface area (Å²) in [7, 11) is -3.90. The number of carbonyl (C=O) groups excluding carboxylic acids is 1. The zero-order valence-electron chi connectivity index (χ0n) is 17.1. The predicted octanol–water partition coefficient (Wildman–Crippen LogP) is 1.67. The van der Waals surface area contributed by atoms with Gasteiger partial charge in [-0.15, -0.1) is 0 Å². The fraction of sp³-hybridized carbons (Fsp3) is 0.647. The summed E-state index contributed by atoms with van der Waals surface area (Å²) < 4.78 is 24.8. The van der Waals surface area contributed by atoms with Crippen molar-refractivity contribution in [3.63, 3.8) is 0 Å². The van der Waals surface area contributed by atoms with Crippen LogP contribution in [0.25, 0.3) is 11.2 Å². The fourth-order valence-electron chi connectivity index (χ4n) is 2.75. The first kappa shape index (κ1) is 23.2. The molecule has 1 unspecified atom stereocenters. The quantitative estimate of drug-likeness (QED) is 0.355. The molecule has 0 spiro atoms. The summed E-state index contributed by atoms with van der Waals surface area (Å²) in [6.45, 7) is 7.35. The van der Waals surface area contributed by atoms with Crippen molar-refractivity contribution in [1.82, 2.24) is 24.6 Å². The van der Waals surface area contributed by atoms with Crippen molar-refractivity contribution < 1.29 is 23.7 Å². The van der Waals surface area contributed by atoms with Gasteiger partial charge in [0.1, 0.15) is 24.2 Å². The standard InChI is InChI=1S/C17H29N6O5P/c1-5-6-11(2)28-17(24)13(4)22-29(25,26)10-27-12(3)7-23-9-21-14-15(18)19-8-20-16(14)23/h8-9,11-13H,5-7,10H2,1-4H3,(H2,18,19,20)(H2,22,25,26)/t11-,12-,13-/m1/s1. The second-order valence-corrected chi connectivity index (χ2v) is 8.94. The summed E-state index contributed by atoms with van der Waals surface area (Å²) in [6.07, 6.45) is 3.39. The molecule has 0 aliphatic rings. The molecule has 0 radical (unpaired) electrons. The number of hydrogen-bond donors (Lipinski definition) is 3. The number of hydrogen-bond acceptors (Lipinski definition) is 8. The lowest BCUT2D eigenvalue weighted by atomic mass is 10.2. The van der Waals surface area contributed by atoms with Crippen LogP contribution in [0.2, 0.25) is 0 Å². The summed E-state index contributed by atoms with van der Waals surface area (Å²) in [5, 5.41) is 2.41. The Kier molecular flexibility index (Phi) is 8.09. The molecule has 0 saturated carbocycles. The molecule has 11 nitrogen and oxygen atoms in total. The molecule has 2 aromatic heterocycles. The van der Waals surface area contributed by atoms with E-state index in [-0.39, 0.29) is 11.9 Å². The van der Waals surface area contributed by atoms with E-state index < -0.39 is 32.0 Å². The van der Waals surface area contributed by atoms with Gasteiger partial charge in [-0.3, -0.25) is 9.36 Å². The monoisotopic (exact) mass is 428 g/mol. The number of nitrogens with zero attached hydrogens (tertiary/aromatic N) is 4. The maximum Gasteiger partial charge on any atom is 0.323 e. The van der Waals surface area contributed by atoms with Gasteiger partial charge in [-0.1, -0.05) is 13.3 Å². The van der Waals surface area contributed by atoms with Crippen LogP contribution < -0.4 is 10.8 Å². The highest BCUT2D eigenvalue weighted by Crippen LogP contribution is 2.36. The Balaban J connectivity index is 1.86. The molecule has 2 rings (SSSR count). The SMILES string of the molecule is CCC[C@@H](C)OC(=O)[C@@H](C)NP(=O)(O)CO[C@H](C)Cn1cnc2c(N)ncnc21. The molecule has 2 aromatic rings. The minimum atomic E-state index is -3.90. The molecule has 0 saturated heterocycles. The van der Waals surface area contributed by atoms with E-state index in [9.17, 15) is 14.3 Å². The van der Waals surface area contributed by atoms with Crippen LogP contribution in [-0.4, -0.2) is 55.0 Å². The first-order valence-corrected chi connectivity index (χ1v) is 11.3. The van der Waals surface area contributed by atoms with Gasteiger partial charge >= 0.3 is 5.97 Å². The number of fused-ring (bicyclic) bond motifs is 1. The number of carbonyl (C=O) groups is 1. The molecule has 0 aromatic carbocycles. The van der Waals surface area contributed by atoms with E-state index in [1.165, 1.54) is 13.3 Å². The maximum atomic E-state index is 12.4. The first-order chi connectivity index (χ1) is 13.6. The molecule has 12 heteroatoms. The number of anilines is 1. The van der Waals surface area contributed by atoms with Crippen LogP contribution in [0, 0.1) is 0 Å². The first-order valence-electron chi connectivity index (χ1n) is 9.46. The average Bonchev–Trinajstić information content (AvgIpc) is 3.04. The molecule has 0 fully saturated rings. The van der Waals surface area contributed by atoms with Gasteiger partial charge in [-0.25, -0.2) is 20.0 Å². The predicted molar refractivity (Wildman–Crippen MR) is 108 cm³/mol. The maximum absolute atomic E-state index is 12.4. The van der Waals surface area contributed by atoms with Crippen molar-refractivity contribution in [1.29, 1.82) is 0 Å². The molecule has 2 heterocycles. The third-order valence-corrected chi connectivity index (χ3v) is 5.47. The number of aromatic nitrogens is 4. The van der Waals surface area contributed by atoms with E-state index in [1.807, 2.05) is 6.92 Å². The number of nitrogen functional groups attached to an aromatic ring is 1. The Morgan fingerprint density at radius 3 is 2.72 bits per heavy atom. The molecule has 0 amide bonds. The Morgan fingerprint density at radius 1 is 1.31 bits per heavy atom. The van der Waals surface area contributed by atoms with E-state index in [0.717, 1.165) is 12.8 Å². The Morgan fingerprint density at radius 2 is 2.03 bits per heavy atom. The van der Waals surface area contributed by atoms with E-state index in [2.05, 4.69) is 20.0 Å². The molecule has 4 N–H and O–H groups in total. The van der Waals surface area contributed by atoms with Gasteiger partial charge in [0.05, 0.1) is 25.1 Å². The number of rotatable bonds is 11. The van der Waals surface area contributed by atoms with Gasteiger partial charge in [-0.2, -0.15) is 0 Å². The van der Waals surface area contributed by atoms with Gasteiger partial charge < -0.3 is 24.7 Å². The van der Waals surface area contributed by atoms with E-state index >= 15 is 0 Å². The molecule has 162 valence electrons. The Labute approximate surface area is 169 Å². The normalized spacial score (nSPS) is 16.9. The van der Waals surface area contributed by atoms with E-state index in [1.54, 1.807) is 24.7 Å². The van der Waals surface area contributed by atoms with Crippen LogP contribution >= 0.6 is 7.52 Å². The minimum absolute atomic E-state index is 0.242. The van der Waals surface area contributed by atoms with Crippen molar-refractivity contribution in [3.8, 4) is 0 Å². The molecular weight excluding hydrogens is 399 g/mol. The molecule has 0 aliphatic heterocycles. The zero-order valence-corrected chi connectivity index (χ0v) is 18.0. The lowest BCUT2D eigenvalue weighted by Crippen LogP contribution is -2.36. The summed E-state index contributed by atoms with van der Waals surface area (Å²) in [5.41, 5.74) is 6.80. The van der Waals surface area contributed by atoms with Gasteiger partial charge in [0, 0.05) is 0 Å². The van der Waals surface area contributed by atoms with Crippen LogP contribution in [0.1, 0.15) is 40.5 Å². The highest BCUT2D eigenvalue weighted by atomic mass is 31.2. The highest BCUT2D eigenvalue weighted by molar-refractivity contribution is 7.55. The summed E-state index contributed by atoms with van der Waals surface area (Å²) >= 11 is 0. The van der Waals surface area contributed by atoms with Crippen molar-refractivity contribution in [3.05, 3.63) is 12.7 Å². The van der Waals surface area contributed by atoms with E-state index in [4.69, 9.17) is 15.2 Å². The van der Waals surface area contributed by atoms with Crippen LogP contribution in [0.5, 0.6) is 0 Å². The number of nitrogens with two attached hydrogens (primary N) is 1. The number of ether oxygens (including phenoxy) is 2. The van der Waals surface area contributed by atoms with Crippen LogP contribution in [0.3, 0.4) is 0 Å². The van der Waals surface area contributed by atoms with Gasteiger partial charge in [0.25, 0.3) is 7.52 Å². The molecule has 0 bridgehead atoms. The fourth-order valence-corrected chi connectivity index (χ4v) is 3.99. The molecule has 0 aliphatic carbocycles. The average molecular weight is 428 g/mol. The number of nitrogens with one attached hydrogen (secondary N) is 1. The lowest BCUT2D eigenvalue weighted by molar-refractivity contribution is -0.150. The smallest absolute Gasteiger partial charge is 0.323 e. The Bertz CT molecular complexity index is 875. The van der Waals surface area contributed by atoms with Crippen molar-refractivity contribution in [2.24, 2.45) is 0 Å². The van der Waals surface area contributed by atoms with Crippen LogP contribution in [0.4, 0.5) is 5.82 Å².